The molecule has 0 spiro atoms. The molecule has 0 heterocycles. The van der Waals surface area contributed by atoms with Crippen LogP contribution in [-0.4, -0.2) is 7.05 Å². The summed E-state index contributed by atoms with van der Waals surface area (Å²) in [5, 5.41) is 3.07. The Kier molecular flexibility index (Phi) is 4.13. The van der Waals surface area contributed by atoms with Crippen LogP contribution < -0.4 is 5.32 Å². The summed E-state index contributed by atoms with van der Waals surface area (Å²) < 4.78 is 51.4. The molecule has 1 N–H and O–H groups in total. The lowest BCUT2D eigenvalue weighted by Crippen LogP contribution is -2.24. The molecular weight excluding hydrogens is 258 g/mol. The molecule has 0 aliphatic heterocycles. The molecule has 1 aromatic carbocycles. The van der Waals surface area contributed by atoms with Crippen LogP contribution in [0.3, 0.4) is 0 Å². The standard InChI is InChI=1S/C14H17F4N/c1-19-13(9-4-2-3-5-9)10-6-7-12(15)11(8-10)14(16,17)18/h6-9,13,19H,2-5H2,1H3. The van der Waals surface area contributed by atoms with Crippen molar-refractivity contribution in [3.05, 3.63) is 35.1 Å². The van der Waals surface area contributed by atoms with Crippen molar-refractivity contribution in [1.29, 1.82) is 0 Å². The van der Waals surface area contributed by atoms with Gasteiger partial charge in [0.1, 0.15) is 5.82 Å². The molecule has 0 amide bonds. The second-order valence-corrected chi connectivity index (χ2v) is 5.05. The van der Waals surface area contributed by atoms with Crippen molar-refractivity contribution in [3.63, 3.8) is 0 Å². The molecule has 0 saturated heterocycles. The molecule has 1 aliphatic rings. The Bertz CT molecular complexity index is 436. The molecule has 1 atom stereocenters. The third-order valence-corrected chi connectivity index (χ3v) is 3.84. The van der Waals surface area contributed by atoms with Crippen LogP contribution in [0.4, 0.5) is 17.6 Å². The van der Waals surface area contributed by atoms with Crippen LogP contribution in [0.2, 0.25) is 0 Å². The normalized spacial score (nSPS) is 18.8. The van der Waals surface area contributed by atoms with E-state index < -0.39 is 17.6 Å². The van der Waals surface area contributed by atoms with Gasteiger partial charge in [0, 0.05) is 6.04 Å². The van der Waals surface area contributed by atoms with E-state index in [-0.39, 0.29) is 6.04 Å². The van der Waals surface area contributed by atoms with E-state index in [0.29, 0.717) is 11.5 Å². The SMILES string of the molecule is CNC(c1ccc(F)c(C(F)(F)F)c1)C1CCCC1. The van der Waals surface area contributed by atoms with Crippen LogP contribution >= 0.6 is 0 Å². The van der Waals surface area contributed by atoms with Crippen molar-refractivity contribution in [2.24, 2.45) is 5.92 Å². The highest BCUT2D eigenvalue weighted by Gasteiger charge is 2.35. The van der Waals surface area contributed by atoms with Gasteiger partial charge in [0.05, 0.1) is 5.56 Å². The highest BCUT2D eigenvalue weighted by Crippen LogP contribution is 2.38. The summed E-state index contributed by atoms with van der Waals surface area (Å²) >= 11 is 0. The molecule has 1 nitrogen and oxygen atoms in total. The van der Waals surface area contributed by atoms with Crippen molar-refractivity contribution in [3.8, 4) is 0 Å². The zero-order chi connectivity index (χ0) is 14.0. The molecule has 106 valence electrons. The van der Waals surface area contributed by atoms with Gasteiger partial charge >= 0.3 is 6.18 Å². The van der Waals surface area contributed by atoms with Crippen LogP contribution in [0.15, 0.2) is 18.2 Å². The Labute approximate surface area is 110 Å². The molecule has 1 aliphatic carbocycles. The topological polar surface area (TPSA) is 12.0 Å². The number of hydrogen-bond donors (Lipinski definition) is 1. The summed E-state index contributed by atoms with van der Waals surface area (Å²) in [6.45, 7) is 0. The average Bonchev–Trinajstić information content (AvgIpc) is 2.84. The third-order valence-electron chi connectivity index (χ3n) is 3.84. The first kappa shape index (κ1) is 14.3. The fourth-order valence-corrected chi connectivity index (χ4v) is 2.92. The summed E-state index contributed by atoms with van der Waals surface area (Å²) in [4.78, 5) is 0. The van der Waals surface area contributed by atoms with Gasteiger partial charge in [-0.3, -0.25) is 0 Å². The van der Waals surface area contributed by atoms with E-state index in [1.165, 1.54) is 6.07 Å². The summed E-state index contributed by atoms with van der Waals surface area (Å²) in [5.74, 6) is -0.880. The Hall–Kier alpha value is -1.10. The van der Waals surface area contributed by atoms with E-state index in [4.69, 9.17) is 0 Å². The molecular formula is C14H17F4N. The minimum atomic E-state index is -4.64. The van der Waals surface area contributed by atoms with Crippen molar-refractivity contribution in [1.82, 2.24) is 5.32 Å². The first-order valence-corrected chi connectivity index (χ1v) is 6.47. The number of hydrogen-bond acceptors (Lipinski definition) is 1. The molecule has 0 radical (unpaired) electrons. The van der Waals surface area contributed by atoms with Crippen molar-refractivity contribution in [2.45, 2.75) is 37.9 Å². The summed E-state index contributed by atoms with van der Waals surface area (Å²) in [5.41, 5.74) is -0.661. The summed E-state index contributed by atoms with van der Waals surface area (Å²) in [6, 6.07) is 3.17. The minimum absolute atomic E-state index is 0.135. The van der Waals surface area contributed by atoms with Crippen LogP contribution in [0.1, 0.15) is 42.9 Å². The first-order chi connectivity index (χ1) is 8.93. The smallest absolute Gasteiger partial charge is 0.313 e. The molecule has 1 fully saturated rings. The van der Waals surface area contributed by atoms with E-state index in [1.54, 1.807) is 7.05 Å². The van der Waals surface area contributed by atoms with Gasteiger partial charge < -0.3 is 5.32 Å². The second-order valence-electron chi connectivity index (χ2n) is 5.05. The van der Waals surface area contributed by atoms with Gasteiger partial charge in [0.25, 0.3) is 0 Å². The highest BCUT2D eigenvalue weighted by molar-refractivity contribution is 5.30. The molecule has 0 aromatic heterocycles. The van der Waals surface area contributed by atoms with E-state index in [2.05, 4.69) is 5.32 Å². The molecule has 0 bridgehead atoms. The van der Waals surface area contributed by atoms with Gasteiger partial charge in [0.15, 0.2) is 0 Å². The number of rotatable bonds is 3. The van der Waals surface area contributed by atoms with Gasteiger partial charge in [-0.25, -0.2) is 4.39 Å². The fraction of sp³-hybridized carbons (Fsp3) is 0.571. The highest BCUT2D eigenvalue weighted by atomic mass is 19.4. The van der Waals surface area contributed by atoms with E-state index >= 15 is 0 Å². The Morgan fingerprint density at radius 3 is 2.37 bits per heavy atom. The van der Waals surface area contributed by atoms with Crippen LogP contribution in [0.5, 0.6) is 0 Å². The maximum absolute atomic E-state index is 13.3. The van der Waals surface area contributed by atoms with Crippen molar-refractivity contribution in [2.75, 3.05) is 7.05 Å². The van der Waals surface area contributed by atoms with E-state index in [1.807, 2.05) is 0 Å². The molecule has 1 aromatic rings. The monoisotopic (exact) mass is 275 g/mol. The lowest BCUT2D eigenvalue weighted by Gasteiger charge is -2.24. The Morgan fingerprint density at radius 2 is 1.84 bits per heavy atom. The van der Waals surface area contributed by atoms with Crippen LogP contribution in [0.25, 0.3) is 0 Å². The largest absolute Gasteiger partial charge is 0.419 e. The van der Waals surface area contributed by atoms with Gasteiger partial charge in [0.2, 0.25) is 0 Å². The number of halogens is 4. The average molecular weight is 275 g/mol. The maximum Gasteiger partial charge on any atom is 0.419 e. The Balaban J connectivity index is 2.33. The minimum Gasteiger partial charge on any atom is -0.313 e. The zero-order valence-electron chi connectivity index (χ0n) is 10.7. The summed E-state index contributed by atoms with van der Waals surface area (Å²) in [6.07, 6.45) is -0.422. The lowest BCUT2D eigenvalue weighted by molar-refractivity contribution is -0.140. The summed E-state index contributed by atoms with van der Waals surface area (Å²) in [7, 11) is 1.74. The number of alkyl halides is 3. The maximum atomic E-state index is 13.3. The second kappa shape index (κ2) is 5.49. The van der Waals surface area contributed by atoms with Gasteiger partial charge in [-0.1, -0.05) is 18.9 Å². The van der Waals surface area contributed by atoms with Gasteiger partial charge in [-0.05, 0) is 43.5 Å². The van der Waals surface area contributed by atoms with Gasteiger partial charge in [-0.15, -0.1) is 0 Å². The molecule has 1 unspecified atom stereocenters. The predicted octanol–water partition coefficient (Wildman–Crippen LogP) is 4.30. The van der Waals surface area contributed by atoms with Crippen LogP contribution in [0, 0.1) is 11.7 Å². The van der Waals surface area contributed by atoms with Gasteiger partial charge in [-0.2, -0.15) is 13.2 Å². The van der Waals surface area contributed by atoms with E-state index in [0.717, 1.165) is 37.8 Å². The molecule has 2 rings (SSSR count). The molecule has 5 heteroatoms. The van der Waals surface area contributed by atoms with Crippen LogP contribution in [-0.2, 0) is 6.18 Å². The fourth-order valence-electron chi connectivity index (χ4n) is 2.92. The predicted molar refractivity (Wildman–Crippen MR) is 65.2 cm³/mol. The van der Waals surface area contributed by atoms with Crippen molar-refractivity contribution >= 4 is 0 Å². The lowest BCUT2D eigenvalue weighted by atomic mass is 9.90. The number of benzene rings is 1. The quantitative estimate of drug-likeness (QED) is 0.811. The van der Waals surface area contributed by atoms with E-state index in [9.17, 15) is 17.6 Å². The first-order valence-electron chi connectivity index (χ1n) is 6.47. The van der Waals surface area contributed by atoms with Crippen molar-refractivity contribution < 1.29 is 17.6 Å². The Morgan fingerprint density at radius 1 is 1.21 bits per heavy atom. The third kappa shape index (κ3) is 3.08. The zero-order valence-corrected chi connectivity index (χ0v) is 10.7. The molecule has 19 heavy (non-hydrogen) atoms. The number of nitrogens with one attached hydrogen (secondary N) is 1. The molecule has 1 saturated carbocycles.